The molecule has 0 saturated heterocycles. The Morgan fingerprint density at radius 1 is 0.345 bits per heavy atom. The van der Waals surface area contributed by atoms with E-state index in [-0.39, 0.29) is 0 Å². The summed E-state index contributed by atoms with van der Waals surface area (Å²) < 4.78 is 0. The predicted octanol–water partition coefficient (Wildman–Crippen LogP) is 9.42. The van der Waals surface area contributed by atoms with E-state index in [4.69, 9.17) is 0 Å². The molecule has 0 bridgehead atoms. The molecule has 0 nitrogen and oxygen atoms in total. The lowest BCUT2D eigenvalue weighted by atomic mass is 9.56. The largest absolute Gasteiger partial charge is 0.0625 e. The SMILES string of the molecule is C1CCC(C2CCC3CCCC3C2C2CCCCC2)CC1.CC1CCC(C)CC1. The summed E-state index contributed by atoms with van der Waals surface area (Å²) >= 11 is 0. The zero-order valence-electron chi connectivity index (χ0n) is 20.1. The molecule has 0 radical (unpaired) electrons. The van der Waals surface area contributed by atoms with Crippen LogP contribution in [0.5, 0.6) is 0 Å². The molecule has 0 N–H and O–H groups in total. The van der Waals surface area contributed by atoms with Crippen molar-refractivity contribution >= 4 is 0 Å². The minimum absolute atomic E-state index is 1.02. The molecule has 5 aliphatic carbocycles. The van der Waals surface area contributed by atoms with Gasteiger partial charge >= 0.3 is 0 Å². The van der Waals surface area contributed by atoms with Crippen molar-refractivity contribution in [3.8, 4) is 0 Å². The lowest BCUT2D eigenvalue weighted by molar-refractivity contribution is 0.00318. The van der Waals surface area contributed by atoms with Crippen molar-refractivity contribution in [2.75, 3.05) is 0 Å². The predicted molar refractivity (Wildman–Crippen MR) is 127 cm³/mol. The fraction of sp³-hybridized carbons (Fsp3) is 1.00. The maximum absolute atomic E-state index is 2.37. The van der Waals surface area contributed by atoms with Gasteiger partial charge in [-0.2, -0.15) is 0 Å². The van der Waals surface area contributed by atoms with Crippen LogP contribution in [0.1, 0.15) is 136 Å². The van der Waals surface area contributed by atoms with Gasteiger partial charge in [0, 0.05) is 0 Å². The molecule has 4 unspecified atom stereocenters. The standard InChI is InChI=1S/C21H36.C8H16/c1-3-8-16(9-4-1)20-15-14-17-12-7-13-19(17)21(20)18-10-5-2-6-11-18;1-7-3-5-8(2)6-4-7/h16-21H,1-15H2;7-8H,3-6H2,1-2H3. The van der Waals surface area contributed by atoms with Crippen LogP contribution in [0.2, 0.25) is 0 Å². The van der Waals surface area contributed by atoms with E-state index >= 15 is 0 Å². The van der Waals surface area contributed by atoms with Crippen LogP contribution >= 0.6 is 0 Å². The number of hydrogen-bond acceptors (Lipinski definition) is 0. The summed E-state index contributed by atoms with van der Waals surface area (Å²) in [5.74, 6) is 8.93. The first kappa shape index (κ1) is 22.2. The summed E-state index contributed by atoms with van der Waals surface area (Å²) in [4.78, 5) is 0. The number of rotatable bonds is 2. The van der Waals surface area contributed by atoms with Crippen molar-refractivity contribution in [3.63, 3.8) is 0 Å². The second-order valence-electron chi connectivity index (χ2n) is 12.3. The number of fused-ring (bicyclic) bond motifs is 1. The van der Waals surface area contributed by atoms with Crippen molar-refractivity contribution < 1.29 is 0 Å². The van der Waals surface area contributed by atoms with E-state index in [1.54, 1.807) is 83.5 Å². The minimum Gasteiger partial charge on any atom is -0.0625 e. The van der Waals surface area contributed by atoms with Crippen LogP contribution in [0, 0.1) is 47.3 Å². The van der Waals surface area contributed by atoms with E-state index in [9.17, 15) is 0 Å². The van der Waals surface area contributed by atoms with Gasteiger partial charge in [0.2, 0.25) is 0 Å². The summed E-state index contributed by atoms with van der Waals surface area (Å²) in [6.45, 7) is 4.73. The van der Waals surface area contributed by atoms with Crippen LogP contribution in [0.3, 0.4) is 0 Å². The molecule has 0 aromatic heterocycles. The Morgan fingerprint density at radius 2 is 0.793 bits per heavy atom. The second-order valence-corrected chi connectivity index (χ2v) is 12.3. The summed E-state index contributed by atoms with van der Waals surface area (Å²) in [6, 6.07) is 0. The highest BCUT2D eigenvalue weighted by Crippen LogP contribution is 2.56. The van der Waals surface area contributed by atoms with Crippen LogP contribution in [-0.4, -0.2) is 0 Å². The smallest absolute Gasteiger partial charge is 0.0324 e. The Labute approximate surface area is 183 Å². The third-order valence-corrected chi connectivity index (χ3v) is 10.3. The summed E-state index contributed by atoms with van der Waals surface area (Å²) in [5.41, 5.74) is 0. The molecule has 0 aromatic rings. The Kier molecular flexibility index (Phi) is 8.45. The van der Waals surface area contributed by atoms with Crippen molar-refractivity contribution in [2.24, 2.45) is 47.3 Å². The van der Waals surface area contributed by atoms with E-state index < -0.39 is 0 Å². The third kappa shape index (κ3) is 5.83. The van der Waals surface area contributed by atoms with E-state index in [0.717, 1.165) is 47.3 Å². The maximum atomic E-state index is 2.37. The van der Waals surface area contributed by atoms with Gasteiger partial charge in [0.25, 0.3) is 0 Å². The summed E-state index contributed by atoms with van der Waals surface area (Å²) in [6.07, 6.45) is 29.5. The first-order valence-electron chi connectivity index (χ1n) is 14.2. The van der Waals surface area contributed by atoms with Gasteiger partial charge in [-0.25, -0.2) is 0 Å². The molecule has 5 aliphatic rings. The van der Waals surface area contributed by atoms with Gasteiger partial charge in [0.05, 0.1) is 0 Å². The molecular formula is C29H52. The lowest BCUT2D eigenvalue weighted by Crippen LogP contribution is -2.41. The fourth-order valence-electron chi connectivity index (χ4n) is 8.60. The Balaban J connectivity index is 0.000000216. The first-order chi connectivity index (χ1) is 14.2. The van der Waals surface area contributed by atoms with E-state index in [1.807, 2.05) is 0 Å². The third-order valence-electron chi connectivity index (χ3n) is 10.3. The fourth-order valence-corrected chi connectivity index (χ4v) is 8.60. The molecule has 5 fully saturated rings. The van der Waals surface area contributed by atoms with Gasteiger partial charge in [-0.3, -0.25) is 0 Å². The average molecular weight is 401 g/mol. The molecule has 29 heavy (non-hydrogen) atoms. The molecule has 0 aliphatic heterocycles. The van der Waals surface area contributed by atoms with E-state index in [1.165, 1.54) is 38.5 Å². The average Bonchev–Trinajstić information content (AvgIpc) is 3.26. The van der Waals surface area contributed by atoms with Gasteiger partial charge in [-0.15, -0.1) is 0 Å². The van der Waals surface area contributed by atoms with E-state index in [2.05, 4.69) is 13.8 Å². The summed E-state index contributed by atoms with van der Waals surface area (Å²) in [5, 5.41) is 0. The van der Waals surface area contributed by atoms with Gasteiger partial charge in [0.15, 0.2) is 0 Å². The highest BCUT2D eigenvalue weighted by molar-refractivity contribution is 4.96. The molecule has 0 amide bonds. The zero-order valence-corrected chi connectivity index (χ0v) is 20.1. The molecule has 5 rings (SSSR count). The molecule has 0 aromatic carbocycles. The monoisotopic (exact) mass is 400 g/mol. The number of hydrogen-bond donors (Lipinski definition) is 0. The molecule has 0 spiro atoms. The molecule has 5 saturated carbocycles. The van der Waals surface area contributed by atoms with Crippen molar-refractivity contribution in [3.05, 3.63) is 0 Å². The quantitative estimate of drug-likeness (QED) is 0.433. The molecule has 168 valence electrons. The molecule has 0 heteroatoms. The van der Waals surface area contributed by atoms with Crippen LogP contribution in [-0.2, 0) is 0 Å². The van der Waals surface area contributed by atoms with Crippen molar-refractivity contribution in [1.29, 1.82) is 0 Å². The highest BCUT2D eigenvalue weighted by atomic mass is 14.5. The first-order valence-corrected chi connectivity index (χ1v) is 14.2. The second kappa shape index (κ2) is 11.0. The van der Waals surface area contributed by atoms with E-state index in [0.29, 0.717) is 0 Å². The van der Waals surface area contributed by atoms with Crippen LogP contribution in [0.25, 0.3) is 0 Å². The Bertz CT molecular complexity index is 437. The Hall–Kier alpha value is 0. The van der Waals surface area contributed by atoms with Gasteiger partial charge in [-0.1, -0.05) is 117 Å². The van der Waals surface area contributed by atoms with Crippen LogP contribution in [0.15, 0.2) is 0 Å². The zero-order chi connectivity index (χ0) is 20.1. The van der Waals surface area contributed by atoms with Gasteiger partial charge < -0.3 is 0 Å². The minimum atomic E-state index is 1.02. The molecule has 0 heterocycles. The highest BCUT2D eigenvalue weighted by Gasteiger charge is 2.47. The van der Waals surface area contributed by atoms with Crippen LogP contribution < -0.4 is 0 Å². The van der Waals surface area contributed by atoms with Crippen molar-refractivity contribution in [1.82, 2.24) is 0 Å². The van der Waals surface area contributed by atoms with Crippen LogP contribution in [0.4, 0.5) is 0 Å². The van der Waals surface area contributed by atoms with Gasteiger partial charge in [0.1, 0.15) is 0 Å². The topological polar surface area (TPSA) is 0 Å². The summed E-state index contributed by atoms with van der Waals surface area (Å²) in [7, 11) is 0. The molecule has 4 atom stereocenters. The van der Waals surface area contributed by atoms with Gasteiger partial charge in [-0.05, 0) is 66.6 Å². The Morgan fingerprint density at radius 3 is 1.38 bits per heavy atom. The van der Waals surface area contributed by atoms with Crippen molar-refractivity contribution in [2.45, 2.75) is 136 Å². The lowest BCUT2D eigenvalue weighted by Gasteiger charge is -2.49. The maximum Gasteiger partial charge on any atom is -0.0324 e. The molecular weight excluding hydrogens is 348 g/mol. The normalized spacial score (nSPS) is 42.0.